The van der Waals surface area contributed by atoms with Crippen LogP contribution in [0.3, 0.4) is 0 Å². The molecule has 80 heavy (non-hydrogen) atoms. The van der Waals surface area contributed by atoms with Gasteiger partial charge in [-0.15, -0.1) is 0 Å². The van der Waals surface area contributed by atoms with Crippen molar-refractivity contribution in [1.29, 1.82) is 0 Å². The summed E-state index contributed by atoms with van der Waals surface area (Å²) in [7, 11) is -19.2. The van der Waals surface area contributed by atoms with E-state index in [0.717, 1.165) is 18.2 Å². The van der Waals surface area contributed by atoms with Gasteiger partial charge in [0.25, 0.3) is 40.5 Å². The van der Waals surface area contributed by atoms with Crippen LogP contribution >= 0.6 is 0 Å². The average molecular weight is 1190 g/mol. The van der Waals surface area contributed by atoms with Crippen molar-refractivity contribution >= 4 is 91.0 Å². The zero-order chi connectivity index (χ0) is 59.1. The highest BCUT2D eigenvalue weighted by molar-refractivity contribution is 7.86. The second-order valence-electron chi connectivity index (χ2n) is 20.7. The Morgan fingerprint density at radius 2 is 1.25 bits per heavy atom. The first kappa shape index (κ1) is 61.9. The van der Waals surface area contributed by atoms with Gasteiger partial charge in [0.2, 0.25) is 11.6 Å². The third-order valence-corrected chi connectivity index (χ3v) is 18.2. The number of fused-ring (bicyclic) bond motifs is 6. The third kappa shape index (κ3) is 12.8. The number of urea groups is 1. The van der Waals surface area contributed by atoms with Gasteiger partial charge >= 0.3 is 6.03 Å². The molecule has 3 amide bonds. The summed E-state index contributed by atoms with van der Waals surface area (Å²) in [4.78, 5) is 25.1. The molecule has 0 saturated carbocycles. The summed E-state index contributed by atoms with van der Waals surface area (Å²) in [6.45, 7) is 9.61. The summed E-state index contributed by atoms with van der Waals surface area (Å²) in [6.07, 6.45) is 5.20. The predicted molar refractivity (Wildman–Crippen MR) is 293 cm³/mol. The Morgan fingerprint density at radius 1 is 0.675 bits per heavy atom. The first-order valence-corrected chi connectivity index (χ1v) is 31.2. The molecule has 0 aromatic heterocycles. The Bertz CT molecular complexity index is 3710. The number of carbonyl (C=O) groups is 2. The van der Waals surface area contributed by atoms with Crippen LogP contribution in [0.5, 0.6) is 0 Å². The average Bonchev–Trinajstić information content (AvgIpc) is 3.57. The first-order chi connectivity index (χ1) is 37.2. The number of ether oxygens (including phenoxy) is 1. The molecule has 11 N–H and O–H groups in total. The Kier molecular flexibility index (Phi) is 18.3. The summed E-state index contributed by atoms with van der Waals surface area (Å²) in [6, 6.07) is 7.35. The lowest BCUT2D eigenvalue weighted by Crippen LogP contribution is -2.65. The fraction of sp³-hybridized carbons (Fsp3) is 0.442. The van der Waals surface area contributed by atoms with Gasteiger partial charge in [-0.1, -0.05) is 44.2 Å². The van der Waals surface area contributed by atoms with Crippen molar-refractivity contribution in [2.45, 2.75) is 134 Å². The number of hydrogen-bond donors (Lipinski definition) is 11. The molecule has 0 aliphatic carbocycles. The van der Waals surface area contributed by atoms with E-state index >= 15 is 0 Å². The Hall–Kier alpha value is -5.73. The van der Waals surface area contributed by atoms with Crippen LogP contribution in [0.25, 0.3) is 21.5 Å². The molecule has 436 valence electrons. The fourth-order valence-corrected chi connectivity index (χ4v) is 13.3. The minimum absolute atomic E-state index is 0.00825. The van der Waals surface area contributed by atoms with Gasteiger partial charge in [0.05, 0.1) is 21.8 Å². The van der Waals surface area contributed by atoms with Crippen molar-refractivity contribution in [2.24, 2.45) is 0 Å². The molecule has 5 atom stereocenters. The monoisotopic (exact) mass is 1190 g/mol. The maximum atomic E-state index is 13.0. The number of likely N-dealkylation sites (N-methyl/N-ethyl adjacent to an activating group) is 1. The molecule has 24 nitrogen and oxygen atoms in total. The van der Waals surface area contributed by atoms with E-state index in [-0.39, 0.29) is 47.0 Å². The van der Waals surface area contributed by atoms with Crippen LogP contribution in [0, 0.1) is 0 Å². The van der Waals surface area contributed by atoms with E-state index in [4.69, 9.17) is 4.74 Å². The SMILES string of the molecule is CCN1C(=CC=CC=CC2=[N+](CCCCCC(=O)NCCCCNC(=O)N[C@@H]3[C@@H](O)[C@@H](O)[C@@H](CO)O[C@H]3O)c3cc(S(=O)(=O)O)c4ccc(S(=O)(=O)O)cc4c3C2(C)C)C(C)(C)c2c1cc(S(=O)(=O)O)c1ccc(S(=O)(=O)O)cc21. The predicted octanol–water partition coefficient (Wildman–Crippen LogP) is 3.73. The third-order valence-electron chi connectivity index (χ3n) is 14.7. The van der Waals surface area contributed by atoms with Crippen LogP contribution in [0.4, 0.5) is 16.2 Å². The molecule has 0 bridgehead atoms. The lowest BCUT2D eigenvalue weighted by atomic mass is 9.79. The van der Waals surface area contributed by atoms with Gasteiger partial charge in [-0.2, -0.15) is 38.2 Å². The number of anilines is 1. The van der Waals surface area contributed by atoms with Crippen LogP contribution in [0.2, 0.25) is 0 Å². The molecule has 3 aliphatic heterocycles. The fourth-order valence-electron chi connectivity index (χ4n) is 10.9. The zero-order valence-electron chi connectivity index (χ0n) is 44.3. The molecule has 3 aliphatic rings. The second kappa shape index (κ2) is 23.6. The highest BCUT2D eigenvalue weighted by Crippen LogP contribution is 2.53. The summed E-state index contributed by atoms with van der Waals surface area (Å²) in [5, 5.41) is 47.7. The molecule has 1 fully saturated rings. The molecule has 0 unspecified atom stereocenters. The minimum Gasteiger partial charge on any atom is -0.394 e. The van der Waals surface area contributed by atoms with Crippen molar-refractivity contribution in [3.63, 3.8) is 0 Å². The summed E-state index contributed by atoms with van der Waals surface area (Å²) in [5.74, 6) is -0.228. The molecule has 1 saturated heterocycles. The van der Waals surface area contributed by atoms with Crippen LogP contribution in [0.15, 0.2) is 104 Å². The van der Waals surface area contributed by atoms with Gasteiger partial charge in [0.1, 0.15) is 40.7 Å². The number of carbonyl (C=O) groups excluding carboxylic acids is 2. The highest BCUT2D eigenvalue weighted by Gasteiger charge is 2.48. The summed E-state index contributed by atoms with van der Waals surface area (Å²) < 4.78 is 148. The normalized spacial score (nSPS) is 21.7. The van der Waals surface area contributed by atoms with Gasteiger partial charge in [-0.25, -0.2) is 4.79 Å². The Morgan fingerprint density at radius 3 is 1.81 bits per heavy atom. The number of benzene rings is 4. The summed E-state index contributed by atoms with van der Waals surface area (Å²) in [5.41, 5.74) is 1.14. The van der Waals surface area contributed by atoms with Crippen LogP contribution in [-0.2, 0) is 60.8 Å². The van der Waals surface area contributed by atoms with E-state index in [1.807, 2.05) is 44.1 Å². The summed E-state index contributed by atoms with van der Waals surface area (Å²) >= 11 is 0. The number of amides is 3. The smallest absolute Gasteiger partial charge is 0.315 e. The minimum atomic E-state index is -4.91. The molecule has 4 aromatic rings. The largest absolute Gasteiger partial charge is 0.394 e. The van der Waals surface area contributed by atoms with E-state index in [0.29, 0.717) is 79.1 Å². The van der Waals surface area contributed by atoms with E-state index in [1.165, 1.54) is 30.3 Å². The number of unbranched alkanes of at least 4 members (excludes halogenated alkanes) is 3. The molecule has 3 heterocycles. The van der Waals surface area contributed by atoms with Crippen molar-refractivity contribution in [1.82, 2.24) is 16.0 Å². The van der Waals surface area contributed by atoms with Gasteiger partial charge < -0.3 is 46.0 Å². The topological polar surface area (TPSA) is 384 Å². The molecule has 0 spiro atoms. The number of nitrogens with zero attached hydrogens (tertiary/aromatic N) is 2. The van der Waals surface area contributed by atoms with Gasteiger partial charge in [0, 0.05) is 77.8 Å². The Labute approximate surface area is 463 Å². The van der Waals surface area contributed by atoms with Gasteiger partial charge in [-0.05, 0) is 99.2 Å². The van der Waals surface area contributed by atoms with E-state index in [9.17, 15) is 81.9 Å². The van der Waals surface area contributed by atoms with Crippen LogP contribution in [0.1, 0.15) is 84.3 Å². The number of allylic oxidation sites excluding steroid dienone is 6. The lowest BCUT2D eigenvalue weighted by Gasteiger charge is -2.40. The maximum absolute atomic E-state index is 13.0. The van der Waals surface area contributed by atoms with Crippen molar-refractivity contribution in [2.75, 3.05) is 37.7 Å². The second-order valence-corrected chi connectivity index (χ2v) is 26.3. The van der Waals surface area contributed by atoms with Gasteiger partial charge in [-0.3, -0.25) is 23.0 Å². The Balaban J connectivity index is 1.09. The highest BCUT2D eigenvalue weighted by atomic mass is 32.2. The van der Waals surface area contributed by atoms with E-state index in [2.05, 4.69) is 16.0 Å². The number of aliphatic hydroxyl groups is 4. The van der Waals surface area contributed by atoms with E-state index < -0.39 is 114 Å². The quantitative estimate of drug-likeness (QED) is 0.0245. The first-order valence-electron chi connectivity index (χ1n) is 25.5. The lowest BCUT2D eigenvalue weighted by molar-refractivity contribution is -0.438. The molecule has 0 radical (unpaired) electrons. The number of hydrogen-bond acceptors (Lipinski definition) is 16. The molecular weight excluding hydrogens is 1130 g/mol. The standard InChI is InChI=1S/C52H65N5O19S4/c1-6-56-36-27-39(79(70,71)72)32-20-18-30(77(64,65)66)25-34(32)44(36)51(2,3)41(56)15-9-7-10-16-42-52(4,5)45-35-26-31(78(67,68)69)19-21-33(35)40(80(73,74)75)28-37(45)57(42)24-14-8-11-17-43(59)53-22-12-13-23-54-50(63)55-46-48(61)47(60)38(29-58)76-49(46)62/h7,9-10,15-16,18-21,25-28,38,46-49,58,60-62H,6,8,11-14,17,22-24,29H2,1-5H3,(H6-,53,54,55,59,63,64,65,66,67,68,69,70,71,72,73,74,75)/p+1/t38-,46-,47+,48-,49-/m1/s1. The van der Waals surface area contributed by atoms with E-state index in [1.54, 1.807) is 30.4 Å². The van der Waals surface area contributed by atoms with Crippen molar-refractivity contribution in [3.8, 4) is 0 Å². The molecule has 4 aromatic carbocycles. The molecular formula is C52H66N5O19S4+. The van der Waals surface area contributed by atoms with Crippen molar-refractivity contribution in [3.05, 3.63) is 95.7 Å². The number of rotatable bonds is 21. The maximum Gasteiger partial charge on any atom is 0.315 e. The van der Waals surface area contributed by atoms with Gasteiger partial charge in [0.15, 0.2) is 12.0 Å². The van der Waals surface area contributed by atoms with Crippen LogP contribution < -0.4 is 20.9 Å². The zero-order valence-corrected chi connectivity index (χ0v) is 47.5. The van der Waals surface area contributed by atoms with Crippen LogP contribution in [-0.4, -0.2) is 158 Å². The van der Waals surface area contributed by atoms with Crippen molar-refractivity contribution < 1.29 is 91.2 Å². The molecule has 7 rings (SSSR count). The molecule has 28 heteroatoms. The number of nitrogens with one attached hydrogen (secondary N) is 3. The number of aliphatic hydroxyl groups excluding tert-OH is 4.